The minimum atomic E-state index is -4.31. The fourth-order valence-corrected chi connectivity index (χ4v) is 3.67. The van der Waals surface area contributed by atoms with Crippen LogP contribution in [0.3, 0.4) is 0 Å². The molecule has 0 saturated carbocycles. The second kappa shape index (κ2) is 4.82. The van der Waals surface area contributed by atoms with Crippen molar-refractivity contribution in [2.45, 2.75) is 59.3 Å². The van der Waals surface area contributed by atoms with Crippen LogP contribution in [0, 0.1) is 6.92 Å². The molecule has 0 aliphatic heterocycles. The van der Waals surface area contributed by atoms with E-state index in [-0.39, 0.29) is 10.8 Å². The van der Waals surface area contributed by atoms with Gasteiger partial charge in [-0.05, 0) is 0 Å². The van der Waals surface area contributed by atoms with E-state index < -0.39 is 7.94 Å². The van der Waals surface area contributed by atoms with Crippen LogP contribution in [0.2, 0.25) is 0 Å². The van der Waals surface area contributed by atoms with Crippen molar-refractivity contribution in [3.05, 3.63) is 28.8 Å². The summed E-state index contributed by atoms with van der Waals surface area (Å²) in [7, 11) is -4.31. The molecule has 0 atom stereocenters. The molecule has 0 aliphatic rings. The molecule has 1 rings (SSSR count). The summed E-state index contributed by atoms with van der Waals surface area (Å²) in [5.41, 5.74) is 2.42. The summed E-state index contributed by atoms with van der Waals surface area (Å²) in [5, 5.41) is 0.327. The third-order valence-corrected chi connectivity index (χ3v) is 4.68. The molecule has 0 heterocycles. The first-order chi connectivity index (χ1) is 8.24. The predicted molar refractivity (Wildman–Crippen MR) is 83.2 cm³/mol. The first-order valence-corrected chi connectivity index (χ1v) is 8.42. The van der Waals surface area contributed by atoms with Crippen LogP contribution >= 0.6 is 7.94 Å². The Balaban J connectivity index is 3.68. The maximum atomic E-state index is 9.76. The molecular formula is C15H27O3P. The minimum absolute atomic E-state index is 0.0200. The van der Waals surface area contributed by atoms with Crippen LogP contribution in [0.5, 0.6) is 0 Å². The van der Waals surface area contributed by atoms with E-state index in [4.69, 9.17) is 0 Å². The molecule has 0 unspecified atom stereocenters. The number of benzene rings is 1. The van der Waals surface area contributed by atoms with Crippen molar-refractivity contribution in [3.8, 4) is 0 Å². The number of aryl methyl sites for hydroxylation is 1. The van der Waals surface area contributed by atoms with E-state index in [2.05, 4.69) is 20.8 Å². The SMILES string of the molecule is Cc1cc(C(C)(C)C)cc(C(C)(C)C)c1[PH](O)(O)O. The summed E-state index contributed by atoms with van der Waals surface area (Å²) in [6, 6.07) is 3.93. The Hall–Kier alpha value is -0.470. The average molecular weight is 286 g/mol. The molecule has 0 bridgehead atoms. The first kappa shape index (κ1) is 16.6. The zero-order valence-electron chi connectivity index (χ0n) is 13.0. The van der Waals surface area contributed by atoms with Crippen molar-refractivity contribution in [2.24, 2.45) is 0 Å². The van der Waals surface area contributed by atoms with Crippen LogP contribution in [0.25, 0.3) is 0 Å². The van der Waals surface area contributed by atoms with Crippen molar-refractivity contribution in [2.75, 3.05) is 0 Å². The van der Waals surface area contributed by atoms with E-state index in [9.17, 15) is 14.7 Å². The molecule has 0 aromatic heterocycles. The predicted octanol–water partition coefficient (Wildman–Crippen LogP) is 2.69. The molecule has 3 N–H and O–H groups in total. The van der Waals surface area contributed by atoms with Crippen molar-refractivity contribution in [1.29, 1.82) is 0 Å². The van der Waals surface area contributed by atoms with Crippen molar-refractivity contribution in [3.63, 3.8) is 0 Å². The molecule has 0 radical (unpaired) electrons. The van der Waals surface area contributed by atoms with E-state index in [1.54, 1.807) is 0 Å². The van der Waals surface area contributed by atoms with Gasteiger partial charge in [0.05, 0.1) is 0 Å². The topological polar surface area (TPSA) is 60.7 Å². The summed E-state index contributed by atoms with van der Waals surface area (Å²) in [6.45, 7) is 14.2. The average Bonchev–Trinajstić information content (AvgIpc) is 2.11. The van der Waals surface area contributed by atoms with Crippen LogP contribution in [0.1, 0.15) is 58.2 Å². The van der Waals surface area contributed by atoms with Crippen molar-refractivity contribution < 1.29 is 14.7 Å². The van der Waals surface area contributed by atoms with Gasteiger partial charge in [0.2, 0.25) is 0 Å². The van der Waals surface area contributed by atoms with E-state index >= 15 is 0 Å². The standard InChI is InChI=1S/C15H27O3P/c1-10-8-11(14(2,3)4)9-12(15(5,6)7)13(10)19(16,17)18/h8-9,16-19H,1-7H3. The van der Waals surface area contributed by atoms with Crippen LogP contribution in [-0.2, 0) is 10.8 Å². The van der Waals surface area contributed by atoms with Gasteiger partial charge in [0.15, 0.2) is 0 Å². The third kappa shape index (κ3) is 3.76. The van der Waals surface area contributed by atoms with Crippen LogP contribution in [-0.4, -0.2) is 14.7 Å². The Morgan fingerprint density at radius 1 is 0.842 bits per heavy atom. The van der Waals surface area contributed by atoms with Gasteiger partial charge in [0.1, 0.15) is 0 Å². The summed E-state index contributed by atoms with van der Waals surface area (Å²) < 4.78 is 0. The molecule has 0 saturated heterocycles. The first-order valence-electron chi connectivity index (χ1n) is 6.58. The summed E-state index contributed by atoms with van der Waals surface area (Å²) in [6.07, 6.45) is 0. The monoisotopic (exact) mass is 286 g/mol. The molecule has 1 aromatic carbocycles. The molecule has 0 aliphatic carbocycles. The molecule has 0 spiro atoms. The second-order valence-electron chi connectivity index (χ2n) is 7.35. The van der Waals surface area contributed by atoms with Gasteiger partial charge in [-0.3, -0.25) is 0 Å². The third-order valence-electron chi connectivity index (χ3n) is 3.34. The molecule has 0 fully saturated rings. The number of hydrogen-bond acceptors (Lipinski definition) is 3. The Bertz CT molecular complexity index is 474. The van der Waals surface area contributed by atoms with Crippen LogP contribution in [0.15, 0.2) is 12.1 Å². The van der Waals surface area contributed by atoms with E-state index in [0.29, 0.717) is 5.30 Å². The molecular weight excluding hydrogens is 259 g/mol. The van der Waals surface area contributed by atoms with Gasteiger partial charge in [-0.15, -0.1) is 0 Å². The van der Waals surface area contributed by atoms with Crippen molar-refractivity contribution >= 4 is 13.2 Å². The Labute approximate surface area is 116 Å². The zero-order chi connectivity index (χ0) is 15.2. The second-order valence-corrected chi connectivity index (χ2v) is 9.12. The van der Waals surface area contributed by atoms with Crippen molar-refractivity contribution in [1.82, 2.24) is 0 Å². The van der Waals surface area contributed by atoms with Gasteiger partial charge in [-0.1, -0.05) is 0 Å². The molecule has 0 amide bonds. The number of hydrogen-bond donors (Lipinski definition) is 3. The fraction of sp³-hybridized carbons (Fsp3) is 0.600. The van der Waals surface area contributed by atoms with Gasteiger partial charge in [0, 0.05) is 0 Å². The Morgan fingerprint density at radius 2 is 1.32 bits per heavy atom. The van der Waals surface area contributed by atoms with E-state index in [0.717, 1.165) is 16.7 Å². The molecule has 3 nitrogen and oxygen atoms in total. The molecule has 4 heteroatoms. The Morgan fingerprint density at radius 3 is 1.63 bits per heavy atom. The summed E-state index contributed by atoms with van der Waals surface area (Å²) >= 11 is 0. The van der Waals surface area contributed by atoms with E-state index in [1.165, 1.54) is 0 Å². The normalized spacial score (nSPS) is 14.6. The van der Waals surface area contributed by atoms with Gasteiger partial charge in [-0.25, -0.2) is 0 Å². The molecule has 19 heavy (non-hydrogen) atoms. The van der Waals surface area contributed by atoms with Gasteiger partial charge in [0.25, 0.3) is 0 Å². The molecule has 1 aromatic rings. The summed E-state index contributed by atoms with van der Waals surface area (Å²) in [4.78, 5) is 29.3. The van der Waals surface area contributed by atoms with E-state index in [1.807, 2.05) is 39.8 Å². The van der Waals surface area contributed by atoms with Crippen LogP contribution < -0.4 is 5.30 Å². The van der Waals surface area contributed by atoms with Gasteiger partial charge in [-0.2, -0.15) is 0 Å². The molecule has 110 valence electrons. The number of rotatable bonds is 1. The zero-order valence-corrected chi connectivity index (χ0v) is 14.0. The Kier molecular flexibility index (Phi) is 4.21. The van der Waals surface area contributed by atoms with Gasteiger partial charge >= 0.3 is 116 Å². The van der Waals surface area contributed by atoms with Gasteiger partial charge < -0.3 is 0 Å². The summed E-state index contributed by atoms with van der Waals surface area (Å²) in [5.74, 6) is 0. The quantitative estimate of drug-likeness (QED) is 0.696. The maximum absolute atomic E-state index is 9.76. The van der Waals surface area contributed by atoms with Crippen LogP contribution in [0.4, 0.5) is 0 Å². The fourth-order valence-electron chi connectivity index (χ4n) is 2.26.